The van der Waals surface area contributed by atoms with E-state index < -0.39 is 17.6 Å². The summed E-state index contributed by atoms with van der Waals surface area (Å²) in [5.41, 5.74) is 0.813. The second kappa shape index (κ2) is 11.6. The van der Waals surface area contributed by atoms with Crippen molar-refractivity contribution in [1.29, 1.82) is 0 Å². The molecule has 0 unspecified atom stereocenters. The lowest BCUT2D eigenvalue weighted by Gasteiger charge is -2.28. The normalized spacial score (nSPS) is 18.5. The maximum Gasteiger partial charge on any atom is 0.419 e. The van der Waals surface area contributed by atoms with E-state index in [0.717, 1.165) is 48.6 Å². The molecule has 1 saturated carbocycles. The van der Waals surface area contributed by atoms with Gasteiger partial charge in [-0.1, -0.05) is 68.2 Å². The number of allylic oxidation sites excluding steroid dienone is 1. The molecular formula is C31H33F5. The molecule has 192 valence electrons. The van der Waals surface area contributed by atoms with E-state index in [2.05, 4.69) is 12.6 Å². The molecule has 5 heteroatoms. The number of hydrogen-bond donors (Lipinski definition) is 0. The van der Waals surface area contributed by atoms with Crippen molar-refractivity contribution < 1.29 is 22.0 Å². The summed E-state index contributed by atoms with van der Waals surface area (Å²) in [6, 6.07) is 12.4. The molecule has 4 rings (SSSR count). The van der Waals surface area contributed by atoms with Gasteiger partial charge in [-0.3, -0.25) is 0 Å². The third-order valence-electron chi connectivity index (χ3n) is 7.71. The van der Waals surface area contributed by atoms with Crippen molar-refractivity contribution in [2.24, 2.45) is 11.8 Å². The molecular weight excluding hydrogens is 467 g/mol. The van der Waals surface area contributed by atoms with Gasteiger partial charge in [0.2, 0.25) is 0 Å². The van der Waals surface area contributed by atoms with Crippen molar-refractivity contribution >= 4 is 10.8 Å². The Morgan fingerprint density at radius 2 is 1.44 bits per heavy atom. The maximum atomic E-state index is 15.2. The Bertz CT molecular complexity index is 1190. The summed E-state index contributed by atoms with van der Waals surface area (Å²) in [5, 5.41) is 1.39. The second-order valence-electron chi connectivity index (χ2n) is 10.2. The Kier molecular flexibility index (Phi) is 8.48. The minimum Gasteiger partial charge on any atom is -0.206 e. The largest absolute Gasteiger partial charge is 0.419 e. The van der Waals surface area contributed by atoms with E-state index in [1.54, 1.807) is 6.07 Å². The van der Waals surface area contributed by atoms with Gasteiger partial charge in [-0.25, -0.2) is 8.78 Å². The Morgan fingerprint density at radius 3 is 2.11 bits per heavy atom. The Labute approximate surface area is 210 Å². The first-order chi connectivity index (χ1) is 17.2. The highest BCUT2D eigenvalue weighted by molar-refractivity contribution is 5.84. The first-order valence-electron chi connectivity index (χ1n) is 12.9. The van der Waals surface area contributed by atoms with Crippen LogP contribution in [0.15, 0.2) is 61.2 Å². The van der Waals surface area contributed by atoms with Crippen LogP contribution in [0.2, 0.25) is 0 Å². The van der Waals surface area contributed by atoms with E-state index in [1.165, 1.54) is 43.7 Å². The summed E-state index contributed by atoms with van der Waals surface area (Å²) in [6.45, 7) is 3.82. The third-order valence-corrected chi connectivity index (χ3v) is 7.71. The van der Waals surface area contributed by atoms with E-state index in [1.807, 2.05) is 24.3 Å². The van der Waals surface area contributed by atoms with Gasteiger partial charge >= 0.3 is 6.18 Å². The van der Waals surface area contributed by atoms with Crippen LogP contribution in [-0.4, -0.2) is 0 Å². The molecule has 0 saturated heterocycles. The van der Waals surface area contributed by atoms with E-state index in [9.17, 15) is 17.6 Å². The van der Waals surface area contributed by atoms with Crippen LogP contribution in [0.1, 0.15) is 67.2 Å². The summed E-state index contributed by atoms with van der Waals surface area (Å²) in [7, 11) is 0. The van der Waals surface area contributed by atoms with Gasteiger partial charge in [0.25, 0.3) is 0 Å². The number of alkyl halides is 3. The smallest absolute Gasteiger partial charge is 0.206 e. The number of rotatable bonds is 9. The highest BCUT2D eigenvalue weighted by Gasteiger charge is 2.33. The Hall–Kier alpha value is -2.69. The van der Waals surface area contributed by atoms with Gasteiger partial charge < -0.3 is 0 Å². The lowest BCUT2D eigenvalue weighted by atomic mass is 9.78. The zero-order valence-corrected chi connectivity index (χ0v) is 20.5. The van der Waals surface area contributed by atoms with Gasteiger partial charge in [0, 0.05) is 5.39 Å². The van der Waals surface area contributed by atoms with Crippen molar-refractivity contribution in [3.8, 4) is 0 Å². The van der Waals surface area contributed by atoms with Crippen LogP contribution in [0.3, 0.4) is 0 Å². The zero-order valence-electron chi connectivity index (χ0n) is 20.5. The molecule has 0 atom stereocenters. The summed E-state index contributed by atoms with van der Waals surface area (Å²) in [5.74, 6) is -0.0123. The maximum absolute atomic E-state index is 15.2. The summed E-state index contributed by atoms with van der Waals surface area (Å²) in [6.07, 6.45) is 7.53. The van der Waals surface area contributed by atoms with Gasteiger partial charge in [0.15, 0.2) is 0 Å². The van der Waals surface area contributed by atoms with Crippen molar-refractivity contribution in [3.63, 3.8) is 0 Å². The summed E-state index contributed by atoms with van der Waals surface area (Å²) >= 11 is 0. The lowest BCUT2D eigenvalue weighted by Crippen LogP contribution is -2.15. The fourth-order valence-electron chi connectivity index (χ4n) is 5.49. The van der Waals surface area contributed by atoms with E-state index >= 15 is 4.39 Å². The monoisotopic (exact) mass is 500 g/mol. The summed E-state index contributed by atoms with van der Waals surface area (Å²) in [4.78, 5) is 0. The molecule has 0 aromatic heterocycles. The molecule has 0 N–H and O–H groups in total. The Morgan fingerprint density at radius 1 is 0.778 bits per heavy atom. The molecule has 0 radical (unpaired) electrons. The van der Waals surface area contributed by atoms with Crippen molar-refractivity contribution in [3.05, 3.63) is 95.1 Å². The Balaban J connectivity index is 1.35. The standard InChI is InChI=1S/C31H33F5/c1-2-3-4-21-5-7-22(8-6-21)9-10-23-12-17-27-26(19-23)16-15-25(30(27)33)14-11-24-13-18-28(29(32)20-24)31(34,35)36/h2,12-13,15-22H,1,3-11,14H2. The van der Waals surface area contributed by atoms with Crippen LogP contribution in [0, 0.1) is 23.5 Å². The van der Waals surface area contributed by atoms with Gasteiger partial charge in [-0.15, -0.1) is 6.58 Å². The van der Waals surface area contributed by atoms with Crippen LogP contribution < -0.4 is 0 Å². The van der Waals surface area contributed by atoms with Crippen LogP contribution in [0.25, 0.3) is 10.8 Å². The predicted octanol–water partition coefficient (Wildman–Crippen LogP) is 9.63. The fourth-order valence-corrected chi connectivity index (χ4v) is 5.49. The molecule has 1 fully saturated rings. The molecule has 3 aromatic carbocycles. The average Bonchev–Trinajstić information content (AvgIpc) is 2.85. The van der Waals surface area contributed by atoms with Crippen molar-refractivity contribution in [2.45, 2.75) is 70.4 Å². The molecule has 1 aliphatic carbocycles. The van der Waals surface area contributed by atoms with Gasteiger partial charge in [0.1, 0.15) is 11.6 Å². The lowest BCUT2D eigenvalue weighted by molar-refractivity contribution is -0.140. The molecule has 0 nitrogen and oxygen atoms in total. The first kappa shape index (κ1) is 26.4. The molecule has 0 amide bonds. The number of fused-ring (bicyclic) bond motifs is 1. The molecule has 3 aromatic rings. The molecule has 0 aliphatic heterocycles. The number of benzene rings is 3. The quantitative estimate of drug-likeness (QED) is 0.203. The number of hydrogen-bond acceptors (Lipinski definition) is 0. The van der Waals surface area contributed by atoms with Crippen LogP contribution in [-0.2, 0) is 25.4 Å². The highest BCUT2D eigenvalue weighted by Crippen LogP contribution is 2.35. The first-order valence-corrected chi connectivity index (χ1v) is 12.9. The van der Waals surface area contributed by atoms with Crippen LogP contribution in [0.5, 0.6) is 0 Å². The second-order valence-corrected chi connectivity index (χ2v) is 10.2. The van der Waals surface area contributed by atoms with Crippen molar-refractivity contribution in [1.82, 2.24) is 0 Å². The highest BCUT2D eigenvalue weighted by atomic mass is 19.4. The summed E-state index contributed by atoms with van der Waals surface area (Å²) < 4.78 is 67.3. The van der Waals surface area contributed by atoms with Gasteiger partial charge in [-0.2, -0.15) is 13.2 Å². The minimum absolute atomic E-state index is 0.255. The van der Waals surface area contributed by atoms with Gasteiger partial charge in [-0.05, 0) is 84.6 Å². The zero-order chi connectivity index (χ0) is 25.7. The molecule has 0 spiro atoms. The van der Waals surface area contributed by atoms with Gasteiger partial charge in [0.05, 0.1) is 5.56 Å². The predicted molar refractivity (Wildman–Crippen MR) is 136 cm³/mol. The number of halogens is 5. The van der Waals surface area contributed by atoms with E-state index in [0.29, 0.717) is 16.5 Å². The average molecular weight is 501 g/mol. The van der Waals surface area contributed by atoms with Crippen LogP contribution in [0.4, 0.5) is 22.0 Å². The molecule has 36 heavy (non-hydrogen) atoms. The SMILES string of the molecule is C=CCCC1CCC(CCc2ccc3c(F)c(CCc4ccc(C(F)(F)F)c(F)c4)ccc3c2)CC1. The third kappa shape index (κ3) is 6.54. The van der Waals surface area contributed by atoms with E-state index in [-0.39, 0.29) is 18.7 Å². The fraction of sp³-hybridized carbons (Fsp3) is 0.419. The molecule has 1 aliphatic rings. The van der Waals surface area contributed by atoms with Crippen molar-refractivity contribution in [2.75, 3.05) is 0 Å². The number of aryl methyl sites for hydroxylation is 3. The molecule has 0 bridgehead atoms. The van der Waals surface area contributed by atoms with Crippen LogP contribution >= 0.6 is 0 Å². The molecule has 0 heterocycles. The topological polar surface area (TPSA) is 0 Å². The minimum atomic E-state index is -4.73. The van der Waals surface area contributed by atoms with E-state index in [4.69, 9.17) is 0 Å².